The van der Waals surface area contributed by atoms with Crippen molar-refractivity contribution < 1.29 is 17.9 Å². The van der Waals surface area contributed by atoms with Crippen LogP contribution < -0.4 is 14.2 Å². The minimum atomic E-state index is -3.83. The Bertz CT molecular complexity index is 1050. The molecule has 0 aliphatic heterocycles. The zero-order chi connectivity index (χ0) is 19.4. The second kappa shape index (κ2) is 8.01. The minimum Gasteiger partial charge on any atom is -0.497 e. The van der Waals surface area contributed by atoms with E-state index in [4.69, 9.17) is 9.47 Å². The molecule has 1 aromatic heterocycles. The first-order valence-electron chi connectivity index (χ1n) is 7.93. The van der Waals surface area contributed by atoms with Crippen LogP contribution >= 0.6 is 15.9 Å². The normalized spacial score (nSPS) is 11.2. The Balaban J connectivity index is 1.85. The lowest BCUT2D eigenvalue weighted by atomic mass is 10.2. The first-order chi connectivity index (χ1) is 12.9. The summed E-state index contributed by atoms with van der Waals surface area (Å²) < 4.78 is 41.1. The van der Waals surface area contributed by atoms with Gasteiger partial charge in [-0.1, -0.05) is 12.1 Å². The summed E-state index contributed by atoms with van der Waals surface area (Å²) in [6.45, 7) is 0.521. The molecule has 0 spiro atoms. The van der Waals surface area contributed by atoms with Gasteiger partial charge in [0.05, 0.1) is 31.4 Å². The summed E-state index contributed by atoms with van der Waals surface area (Å²) in [5.41, 5.74) is 1.36. The van der Waals surface area contributed by atoms with Crippen LogP contribution in [0, 0.1) is 0 Å². The summed E-state index contributed by atoms with van der Waals surface area (Å²) in [6, 6.07) is 11.7. The molecule has 0 bridgehead atoms. The van der Waals surface area contributed by atoms with Gasteiger partial charge < -0.3 is 9.47 Å². The zero-order valence-electron chi connectivity index (χ0n) is 14.7. The number of halogens is 1. The molecule has 27 heavy (non-hydrogen) atoms. The fourth-order valence-electron chi connectivity index (χ4n) is 2.55. The van der Waals surface area contributed by atoms with Gasteiger partial charge in [-0.05, 0) is 45.8 Å². The first kappa shape index (κ1) is 19.2. The summed E-state index contributed by atoms with van der Waals surface area (Å²) in [4.78, 5) is 0.0345. The highest BCUT2D eigenvalue weighted by Gasteiger charge is 2.20. The number of anilines is 1. The number of sulfonamides is 1. The lowest BCUT2D eigenvalue weighted by Crippen LogP contribution is -2.14. The van der Waals surface area contributed by atoms with E-state index in [-0.39, 0.29) is 10.6 Å². The number of rotatable bonds is 7. The van der Waals surface area contributed by atoms with E-state index in [0.29, 0.717) is 18.0 Å². The molecular formula is C18H18BrN3O4S. The maximum Gasteiger partial charge on any atom is 0.265 e. The molecule has 7 nitrogen and oxygen atoms in total. The molecule has 0 amide bonds. The van der Waals surface area contributed by atoms with Crippen molar-refractivity contribution in [3.8, 4) is 11.5 Å². The molecule has 3 aromatic rings. The first-order valence-corrected chi connectivity index (χ1v) is 10.2. The van der Waals surface area contributed by atoms with Crippen LogP contribution in [0.1, 0.15) is 5.56 Å². The standard InChI is InChI=1S/C18H18BrN3O4S/c1-25-16-6-7-18(17(9-16)26-2)27(23,24)21-15-5-3-4-13(8-15)11-22-12-14(19)10-20-22/h3-10,12,21H,11H2,1-2H3. The average molecular weight is 452 g/mol. The Morgan fingerprint density at radius 1 is 1.15 bits per heavy atom. The van der Waals surface area contributed by atoms with Crippen LogP contribution in [0.25, 0.3) is 0 Å². The smallest absolute Gasteiger partial charge is 0.265 e. The number of hydrogen-bond acceptors (Lipinski definition) is 5. The number of aromatic nitrogens is 2. The van der Waals surface area contributed by atoms with Gasteiger partial charge in [0.1, 0.15) is 16.4 Å². The van der Waals surface area contributed by atoms with Crippen molar-refractivity contribution >= 4 is 31.6 Å². The van der Waals surface area contributed by atoms with E-state index in [1.54, 1.807) is 35.1 Å². The Hall–Kier alpha value is -2.52. The molecule has 2 aromatic carbocycles. The molecule has 0 aliphatic rings. The average Bonchev–Trinajstić information content (AvgIpc) is 3.05. The zero-order valence-corrected chi connectivity index (χ0v) is 17.1. The molecule has 1 N–H and O–H groups in total. The van der Waals surface area contributed by atoms with Gasteiger partial charge >= 0.3 is 0 Å². The fraction of sp³-hybridized carbons (Fsp3) is 0.167. The van der Waals surface area contributed by atoms with Gasteiger partial charge in [-0.3, -0.25) is 9.40 Å². The molecule has 1 heterocycles. The van der Waals surface area contributed by atoms with E-state index in [1.807, 2.05) is 12.3 Å². The SMILES string of the molecule is COc1ccc(S(=O)(=O)Nc2cccc(Cn3cc(Br)cn3)c2)c(OC)c1. The van der Waals surface area contributed by atoms with Gasteiger partial charge in [-0.25, -0.2) is 8.42 Å². The second-order valence-corrected chi connectivity index (χ2v) is 8.25. The van der Waals surface area contributed by atoms with Crippen LogP contribution in [-0.2, 0) is 16.6 Å². The number of methoxy groups -OCH3 is 2. The number of nitrogens with zero attached hydrogens (tertiary/aromatic N) is 2. The molecule has 3 rings (SSSR count). The Kier molecular flexibility index (Phi) is 5.71. The molecule has 0 unspecified atom stereocenters. The topological polar surface area (TPSA) is 82.5 Å². The van der Waals surface area contributed by atoms with Gasteiger partial charge in [-0.15, -0.1) is 0 Å². The molecule has 0 radical (unpaired) electrons. The van der Waals surface area contributed by atoms with E-state index >= 15 is 0 Å². The lowest BCUT2D eigenvalue weighted by molar-refractivity contribution is 0.386. The monoisotopic (exact) mass is 451 g/mol. The third kappa shape index (κ3) is 4.61. The molecule has 142 valence electrons. The maximum absolute atomic E-state index is 12.8. The predicted molar refractivity (Wildman–Crippen MR) is 106 cm³/mol. The highest BCUT2D eigenvalue weighted by Crippen LogP contribution is 2.30. The van der Waals surface area contributed by atoms with E-state index in [2.05, 4.69) is 25.8 Å². The van der Waals surface area contributed by atoms with Crippen LogP contribution in [0.5, 0.6) is 11.5 Å². The number of ether oxygens (including phenoxy) is 2. The fourth-order valence-corrected chi connectivity index (χ4v) is 4.08. The van der Waals surface area contributed by atoms with Crippen LogP contribution in [-0.4, -0.2) is 32.4 Å². The van der Waals surface area contributed by atoms with Crippen molar-refractivity contribution in [2.75, 3.05) is 18.9 Å². The van der Waals surface area contributed by atoms with Crippen molar-refractivity contribution in [2.24, 2.45) is 0 Å². The predicted octanol–water partition coefficient (Wildman–Crippen LogP) is 3.51. The van der Waals surface area contributed by atoms with Gasteiger partial charge in [-0.2, -0.15) is 5.10 Å². The van der Waals surface area contributed by atoms with Crippen molar-refractivity contribution in [3.05, 3.63) is 64.9 Å². The van der Waals surface area contributed by atoms with E-state index in [1.165, 1.54) is 26.4 Å². The number of hydrogen-bond donors (Lipinski definition) is 1. The van der Waals surface area contributed by atoms with Gasteiger partial charge in [0.15, 0.2) is 0 Å². The van der Waals surface area contributed by atoms with E-state index in [0.717, 1.165) is 10.0 Å². The third-order valence-electron chi connectivity index (χ3n) is 3.79. The third-order valence-corrected chi connectivity index (χ3v) is 5.62. The van der Waals surface area contributed by atoms with Crippen molar-refractivity contribution in [1.82, 2.24) is 9.78 Å². The highest BCUT2D eigenvalue weighted by atomic mass is 79.9. The molecule has 0 saturated heterocycles. The van der Waals surface area contributed by atoms with Crippen molar-refractivity contribution in [1.29, 1.82) is 0 Å². The summed E-state index contributed by atoms with van der Waals surface area (Å²) in [6.07, 6.45) is 3.54. The number of nitrogens with one attached hydrogen (secondary N) is 1. The summed E-state index contributed by atoms with van der Waals surface area (Å²) in [7, 11) is -0.909. The maximum atomic E-state index is 12.8. The molecular weight excluding hydrogens is 434 g/mol. The van der Waals surface area contributed by atoms with E-state index < -0.39 is 10.0 Å². The summed E-state index contributed by atoms with van der Waals surface area (Å²) in [5, 5.41) is 4.20. The van der Waals surface area contributed by atoms with Crippen LogP contribution in [0.3, 0.4) is 0 Å². The quantitative estimate of drug-likeness (QED) is 0.594. The van der Waals surface area contributed by atoms with Gasteiger partial charge in [0, 0.05) is 18.0 Å². The second-order valence-electron chi connectivity index (χ2n) is 5.68. The van der Waals surface area contributed by atoms with Crippen LogP contribution in [0.4, 0.5) is 5.69 Å². The van der Waals surface area contributed by atoms with Crippen LogP contribution in [0.15, 0.2) is 64.2 Å². The molecule has 0 fully saturated rings. The molecule has 0 saturated carbocycles. The van der Waals surface area contributed by atoms with Gasteiger partial charge in [0.2, 0.25) is 0 Å². The molecule has 9 heteroatoms. The minimum absolute atomic E-state index is 0.0345. The molecule has 0 atom stereocenters. The lowest BCUT2D eigenvalue weighted by Gasteiger charge is -2.13. The van der Waals surface area contributed by atoms with Crippen LogP contribution in [0.2, 0.25) is 0 Å². The largest absolute Gasteiger partial charge is 0.497 e. The van der Waals surface area contributed by atoms with Crippen molar-refractivity contribution in [2.45, 2.75) is 11.4 Å². The Labute approximate surface area is 166 Å². The molecule has 0 aliphatic carbocycles. The van der Waals surface area contributed by atoms with Crippen molar-refractivity contribution in [3.63, 3.8) is 0 Å². The number of benzene rings is 2. The summed E-state index contributed by atoms with van der Waals surface area (Å²) >= 11 is 3.35. The summed E-state index contributed by atoms with van der Waals surface area (Å²) in [5.74, 6) is 0.720. The Morgan fingerprint density at radius 3 is 2.63 bits per heavy atom. The Morgan fingerprint density at radius 2 is 1.96 bits per heavy atom. The van der Waals surface area contributed by atoms with E-state index in [9.17, 15) is 8.42 Å². The van der Waals surface area contributed by atoms with Gasteiger partial charge in [0.25, 0.3) is 10.0 Å². The highest BCUT2D eigenvalue weighted by molar-refractivity contribution is 9.10.